The van der Waals surface area contributed by atoms with Gasteiger partial charge in [-0.15, -0.1) is 0 Å². The van der Waals surface area contributed by atoms with E-state index in [9.17, 15) is 9.59 Å². The second-order valence-corrected chi connectivity index (χ2v) is 10.9. The molecule has 0 aliphatic carbocycles. The molecule has 0 bridgehead atoms. The van der Waals surface area contributed by atoms with Gasteiger partial charge in [-0.3, -0.25) is 4.79 Å². The van der Waals surface area contributed by atoms with Crippen LogP contribution >= 0.6 is 27.7 Å². The maximum Gasteiger partial charge on any atom is 0.410 e. The predicted molar refractivity (Wildman–Crippen MR) is 141 cm³/mol. The number of hydrogen-bond acceptors (Lipinski definition) is 7. The Morgan fingerprint density at radius 2 is 2.00 bits per heavy atom. The summed E-state index contributed by atoms with van der Waals surface area (Å²) in [6.45, 7) is 6.46. The van der Waals surface area contributed by atoms with Crippen molar-refractivity contribution in [3.8, 4) is 11.1 Å². The normalized spacial score (nSPS) is 15.9. The molecule has 184 valence electrons. The lowest BCUT2D eigenvalue weighted by atomic mass is 10.0. The fraction of sp³-hybridized carbons (Fsp3) is 0.400. The molecule has 10 heteroatoms. The first-order chi connectivity index (χ1) is 16.7. The maximum atomic E-state index is 13.4. The number of hydrogen-bond donors (Lipinski definition) is 1. The van der Waals surface area contributed by atoms with E-state index in [4.69, 9.17) is 4.74 Å². The fourth-order valence-electron chi connectivity index (χ4n) is 4.01. The van der Waals surface area contributed by atoms with Crippen LogP contribution in [0.25, 0.3) is 22.2 Å². The summed E-state index contributed by atoms with van der Waals surface area (Å²) in [7, 11) is 0. The molecular formula is C25H28BrN5O3S. The highest BCUT2D eigenvalue weighted by molar-refractivity contribution is 9.10. The monoisotopic (exact) mass is 557 g/mol. The molecule has 2 amide bonds. The van der Waals surface area contributed by atoms with Crippen LogP contribution in [-0.2, 0) is 4.74 Å². The minimum Gasteiger partial charge on any atom is -0.444 e. The van der Waals surface area contributed by atoms with Crippen molar-refractivity contribution in [2.75, 3.05) is 19.3 Å². The molecule has 1 N–H and O–H groups in total. The van der Waals surface area contributed by atoms with Crippen LogP contribution in [0.5, 0.6) is 0 Å². The molecule has 1 aromatic carbocycles. The number of carbonyl (C=O) groups is 2. The van der Waals surface area contributed by atoms with Gasteiger partial charge in [-0.25, -0.2) is 19.7 Å². The number of rotatable bonds is 5. The zero-order chi connectivity index (χ0) is 25.2. The largest absolute Gasteiger partial charge is 0.444 e. The topological polar surface area (TPSA) is 97.3 Å². The highest BCUT2D eigenvalue weighted by Crippen LogP contribution is 2.32. The van der Waals surface area contributed by atoms with Crippen LogP contribution in [0.4, 0.5) is 4.79 Å². The molecule has 1 fully saturated rings. The van der Waals surface area contributed by atoms with E-state index in [0.717, 1.165) is 28.3 Å². The number of benzene rings is 1. The Balaban J connectivity index is 1.62. The van der Waals surface area contributed by atoms with Gasteiger partial charge in [-0.1, -0.05) is 45.9 Å². The van der Waals surface area contributed by atoms with Crippen LogP contribution in [0, 0.1) is 0 Å². The number of pyridine rings is 1. The summed E-state index contributed by atoms with van der Waals surface area (Å²) in [5, 5.41) is 4.33. The highest BCUT2D eigenvalue weighted by atomic mass is 79.9. The van der Waals surface area contributed by atoms with Crippen LogP contribution in [0.2, 0.25) is 0 Å². The van der Waals surface area contributed by atoms with Crippen LogP contribution in [0.15, 0.2) is 46.2 Å². The Labute approximate surface area is 217 Å². The Kier molecular flexibility index (Phi) is 7.61. The Morgan fingerprint density at radius 3 is 2.71 bits per heavy atom. The Hall–Kier alpha value is -2.72. The zero-order valence-corrected chi connectivity index (χ0v) is 22.6. The number of fused-ring (bicyclic) bond motifs is 1. The Bertz CT molecular complexity index is 1260. The van der Waals surface area contributed by atoms with Crippen molar-refractivity contribution in [3.05, 3.63) is 46.7 Å². The number of amides is 2. The standard InChI is InChI=1S/C25H28BrN5O3S/c1-25(2,3)34-24(33)31-11-7-8-16(31)14-27-22(32)20-18(17-9-5-6-10-19(17)26)12-15-13-28-23(35-4)30-21(15)29-20/h5-6,9-10,12-13,16H,7-8,11,14H2,1-4H3,(H,27,32)/t16-/m0/s1. The van der Waals surface area contributed by atoms with Gasteiger partial charge in [0.05, 0.1) is 6.04 Å². The van der Waals surface area contributed by atoms with E-state index in [-0.39, 0.29) is 23.7 Å². The third-order valence-electron chi connectivity index (χ3n) is 5.61. The van der Waals surface area contributed by atoms with E-state index >= 15 is 0 Å². The number of likely N-dealkylation sites (tertiary alicyclic amines) is 1. The summed E-state index contributed by atoms with van der Waals surface area (Å²) in [6.07, 6.45) is 4.92. The second kappa shape index (κ2) is 10.5. The smallest absolute Gasteiger partial charge is 0.410 e. The molecule has 2 aromatic heterocycles. The molecular weight excluding hydrogens is 530 g/mol. The van der Waals surface area contributed by atoms with Crippen molar-refractivity contribution in [3.63, 3.8) is 0 Å². The minimum absolute atomic E-state index is 0.133. The van der Waals surface area contributed by atoms with Crippen molar-refractivity contribution in [2.45, 2.75) is 50.4 Å². The van der Waals surface area contributed by atoms with Gasteiger partial charge in [-0.05, 0) is 57.6 Å². The molecule has 1 aliphatic heterocycles. The number of nitrogens with zero attached hydrogens (tertiary/aromatic N) is 4. The van der Waals surface area contributed by atoms with E-state index in [0.29, 0.717) is 29.5 Å². The average Bonchev–Trinajstić information content (AvgIpc) is 3.29. The number of ether oxygens (including phenoxy) is 1. The molecule has 0 saturated carbocycles. The van der Waals surface area contributed by atoms with Gasteiger partial charge in [0.1, 0.15) is 11.3 Å². The van der Waals surface area contributed by atoms with Crippen molar-refractivity contribution >= 4 is 50.7 Å². The van der Waals surface area contributed by atoms with Gasteiger partial charge < -0.3 is 15.0 Å². The fourth-order valence-corrected chi connectivity index (χ4v) is 4.84. The van der Waals surface area contributed by atoms with E-state index in [1.807, 2.05) is 57.4 Å². The van der Waals surface area contributed by atoms with E-state index in [1.165, 1.54) is 11.8 Å². The summed E-state index contributed by atoms with van der Waals surface area (Å²) in [5.41, 5.74) is 1.69. The molecule has 8 nitrogen and oxygen atoms in total. The summed E-state index contributed by atoms with van der Waals surface area (Å²) in [5.74, 6) is -0.321. The first-order valence-electron chi connectivity index (χ1n) is 11.4. The second-order valence-electron chi connectivity index (χ2n) is 9.31. The maximum absolute atomic E-state index is 13.4. The van der Waals surface area contributed by atoms with Gasteiger partial charge in [0.25, 0.3) is 5.91 Å². The number of thioether (sulfide) groups is 1. The molecule has 3 heterocycles. The summed E-state index contributed by atoms with van der Waals surface area (Å²) in [6, 6.07) is 9.45. The number of carbonyl (C=O) groups excluding carboxylic acids is 2. The van der Waals surface area contributed by atoms with E-state index in [2.05, 4.69) is 36.2 Å². The molecule has 35 heavy (non-hydrogen) atoms. The molecule has 1 atom stereocenters. The van der Waals surface area contributed by atoms with E-state index < -0.39 is 5.60 Å². The third kappa shape index (κ3) is 5.92. The molecule has 1 saturated heterocycles. The van der Waals surface area contributed by atoms with Crippen LogP contribution in [-0.4, -0.2) is 62.8 Å². The SMILES string of the molecule is CSc1ncc2cc(-c3ccccc3Br)c(C(=O)NC[C@@H]3CCCN3C(=O)OC(C)(C)C)nc2n1. The van der Waals surface area contributed by atoms with Crippen LogP contribution in [0.3, 0.4) is 0 Å². The lowest BCUT2D eigenvalue weighted by Crippen LogP contribution is -2.45. The van der Waals surface area contributed by atoms with Gasteiger partial charge in [0.2, 0.25) is 0 Å². The average molecular weight is 559 g/mol. The first kappa shape index (κ1) is 25.4. The Morgan fingerprint density at radius 1 is 1.23 bits per heavy atom. The van der Waals surface area contributed by atoms with Gasteiger partial charge >= 0.3 is 6.09 Å². The minimum atomic E-state index is -0.571. The number of nitrogens with one attached hydrogen (secondary N) is 1. The highest BCUT2D eigenvalue weighted by Gasteiger charge is 2.32. The summed E-state index contributed by atoms with van der Waals surface area (Å²) < 4.78 is 6.39. The molecule has 0 radical (unpaired) electrons. The number of aromatic nitrogens is 3. The van der Waals surface area contributed by atoms with Crippen LogP contribution in [0.1, 0.15) is 44.1 Å². The van der Waals surface area contributed by atoms with Crippen molar-refractivity contribution in [1.29, 1.82) is 0 Å². The van der Waals surface area contributed by atoms with Crippen molar-refractivity contribution in [1.82, 2.24) is 25.2 Å². The summed E-state index contributed by atoms with van der Waals surface area (Å²) >= 11 is 5.01. The molecule has 1 aliphatic rings. The third-order valence-corrected chi connectivity index (χ3v) is 6.86. The summed E-state index contributed by atoms with van der Waals surface area (Å²) in [4.78, 5) is 41.2. The molecule has 3 aromatic rings. The lowest BCUT2D eigenvalue weighted by Gasteiger charge is -2.28. The van der Waals surface area contributed by atoms with Gasteiger partial charge in [-0.2, -0.15) is 0 Å². The first-order valence-corrected chi connectivity index (χ1v) is 13.4. The lowest BCUT2D eigenvalue weighted by molar-refractivity contribution is 0.0225. The van der Waals surface area contributed by atoms with Gasteiger partial charge in [0.15, 0.2) is 10.8 Å². The molecule has 0 spiro atoms. The van der Waals surface area contributed by atoms with Crippen LogP contribution < -0.4 is 5.32 Å². The predicted octanol–water partition coefficient (Wildman–Crippen LogP) is 5.31. The van der Waals surface area contributed by atoms with E-state index in [1.54, 1.807) is 11.1 Å². The van der Waals surface area contributed by atoms with Crippen molar-refractivity contribution < 1.29 is 14.3 Å². The molecule has 4 rings (SSSR count). The quantitative estimate of drug-likeness (QED) is 0.335. The van der Waals surface area contributed by atoms with Crippen molar-refractivity contribution in [2.24, 2.45) is 0 Å². The number of halogens is 1. The van der Waals surface area contributed by atoms with Gasteiger partial charge in [0, 0.05) is 34.7 Å². The molecule has 0 unspecified atom stereocenters. The zero-order valence-electron chi connectivity index (χ0n) is 20.2.